The summed E-state index contributed by atoms with van der Waals surface area (Å²) in [5.74, 6) is -0.340. The molecule has 3 unspecified atom stereocenters. The van der Waals surface area contributed by atoms with Crippen molar-refractivity contribution in [1.29, 1.82) is 0 Å². The first kappa shape index (κ1) is 50.1. The molecule has 0 saturated carbocycles. The lowest BCUT2D eigenvalue weighted by Crippen LogP contribution is -2.45. The van der Waals surface area contributed by atoms with E-state index in [1.807, 2.05) is 6.08 Å². The summed E-state index contributed by atoms with van der Waals surface area (Å²) in [6.45, 7) is 4.16. The third-order valence-corrected chi connectivity index (χ3v) is 9.76. The van der Waals surface area contributed by atoms with Crippen molar-refractivity contribution in [3.8, 4) is 0 Å². The standard InChI is InChI=1S/C47H85NO4/c1-3-5-7-9-11-13-15-17-19-20-21-22-23-24-25-27-29-31-33-35-37-39-41-46(51)45(43-49)48-47(52)42-44(50)40-38-36-34-32-30-28-26-18-16-14-12-10-8-6-4-2/h12,14,18,24-26,31,33,39,41,44-46,49-51H,3-11,13,15-17,19-23,27-30,32,34-38,40,42-43H2,1-2H3,(H,48,52)/b14-12-,25-24+,26-18-,33-31+,41-39+. The van der Waals surface area contributed by atoms with Gasteiger partial charge in [0.1, 0.15) is 0 Å². The number of carbonyl (C=O) groups excluding carboxylic acids is 1. The molecule has 1 amide bonds. The lowest BCUT2D eigenvalue weighted by molar-refractivity contribution is -0.124. The molecule has 302 valence electrons. The second-order valence-corrected chi connectivity index (χ2v) is 14.9. The molecule has 3 atom stereocenters. The Balaban J connectivity index is 3.78. The molecule has 5 nitrogen and oxygen atoms in total. The van der Waals surface area contributed by atoms with E-state index in [4.69, 9.17) is 0 Å². The Bertz CT molecular complexity index is 892. The van der Waals surface area contributed by atoms with Crippen LogP contribution in [0.4, 0.5) is 0 Å². The second-order valence-electron chi connectivity index (χ2n) is 14.9. The van der Waals surface area contributed by atoms with Gasteiger partial charge in [-0.3, -0.25) is 4.79 Å². The fourth-order valence-corrected chi connectivity index (χ4v) is 6.34. The number of hydrogen-bond donors (Lipinski definition) is 4. The van der Waals surface area contributed by atoms with E-state index in [9.17, 15) is 20.1 Å². The van der Waals surface area contributed by atoms with Gasteiger partial charge in [0.05, 0.1) is 31.3 Å². The zero-order valence-electron chi connectivity index (χ0n) is 34.2. The van der Waals surface area contributed by atoms with Gasteiger partial charge in [0.15, 0.2) is 0 Å². The Hall–Kier alpha value is -1.95. The summed E-state index contributed by atoms with van der Waals surface area (Å²) in [5.41, 5.74) is 0. The number of hydrogen-bond acceptors (Lipinski definition) is 4. The third kappa shape index (κ3) is 37.8. The van der Waals surface area contributed by atoms with E-state index in [0.29, 0.717) is 6.42 Å². The minimum absolute atomic E-state index is 0.00976. The molecule has 0 saturated heterocycles. The van der Waals surface area contributed by atoms with Crippen LogP contribution in [0.3, 0.4) is 0 Å². The largest absolute Gasteiger partial charge is 0.394 e. The van der Waals surface area contributed by atoms with Crippen molar-refractivity contribution in [2.45, 2.75) is 225 Å². The highest BCUT2D eigenvalue weighted by Crippen LogP contribution is 2.14. The Labute approximate surface area is 322 Å². The molecule has 4 N–H and O–H groups in total. The van der Waals surface area contributed by atoms with Gasteiger partial charge >= 0.3 is 0 Å². The first-order valence-electron chi connectivity index (χ1n) is 22.1. The summed E-state index contributed by atoms with van der Waals surface area (Å²) >= 11 is 0. The lowest BCUT2D eigenvalue weighted by atomic mass is 10.0. The molecule has 0 radical (unpaired) electrons. The van der Waals surface area contributed by atoms with Crippen molar-refractivity contribution in [1.82, 2.24) is 5.32 Å². The molecule has 0 aliphatic carbocycles. The summed E-state index contributed by atoms with van der Waals surface area (Å²) < 4.78 is 0. The van der Waals surface area contributed by atoms with Crippen LogP contribution >= 0.6 is 0 Å². The molecule has 0 fully saturated rings. The number of carbonyl (C=O) groups is 1. The number of rotatable bonds is 39. The van der Waals surface area contributed by atoms with Crippen molar-refractivity contribution in [2.75, 3.05) is 6.61 Å². The number of aliphatic hydroxyl groups excluding tert-OH is 3. The van der Waals surface area contributed by atoms with Gasteiger partial charge in [-0.05, 0) is 77.0 Å². The van der Waals surface area contributed by atoms with Gasteiger partial charge in [-0.1, -0.05) is 184 Å². The van der Waals surface area contributed by atoms with Gasteiger partial charge in [0, 0.05) is 0 Å². The first-order valence-corrected chi connectivity index (χ1v) is 22.1. The zero-order chi connectivity index (χ0) is 38.0. The van der Waals surface area contributed by atoms with Crippen LogP contribution in [-0.4, -0.2) is 46.1 Å². The van der Waals surface area contributed by atoms with E-state index in [0.717, 1.165) is 57.8 Å². The summed E-state index contributed by atoms with van der Waals surface area (Å²) in [6.07, 6.45) is 55.0. The van der Waals surface area contributed by atoms with E-state index >= 15 is 0 Å². The van der Waals surface area contributed by atoms with Crippen LogP contribution in [0.25, 0.3) is 0 Å². The van der Waals surface area contributed by atoms with Gasteiger partial charge in [-0.2, -0.15) is 0 Å². The van der Waals surface area contributed by atoms with Crippen LogP contribution in [-0.2, 0) is 4.79 Å². The smallest absolute Gasteiger partial charge is 0.222 e. The number of unbranched alkanes of at least 4 members (excludes halogenated alkanes) is 22. The molecule has 0 aromatic carbocycles. The predicted octanol–water partition coefficient (Wildman–Crippen LogP) is 12.7. The number of aliphatic hydroxyl groups is 3. The Morgan fingerprint density at radius 3 is 1.38 bits per heavy atom. The first-order chi connectivity index (χ1) is 25.5. The van der Waals surface area contributed by atoms with Crippen molar-refractivity contribution in [2.24, 2.45) is 0 Å². The number of allylic oxidation sites excluding steroid dienone is 9. The highest BCUT2D eigenvalue weighted by atomic mass is 16.3. The van der Waals surface area contributed by atoms with Crippen LogP contribution in [0.15, 0.2) is 60.8 Å². The molecular weight excluding hydrogens is 643 g/mol. The highest BCUT2D eigenvalue weighted by molar-refractivity contribution is 5.76. The zero-order valence-corrected chi connectivity index (χ0v) is 34.2. The molecule has 0 aromatic heterocycles. The normalized spacial score (nSPS) is 14.2. The summed E-state index contributed by atoms with van der Waals surface area (Å²) in [7, 11) is 0. The van der Waals surface area contributed by atoms with Gasteiger partial charge in [0.2, 0.25) is 5.91 Å². The predicted molar refractivity (Wildman–Crippen MR) is 227 cm³/mol. The van der Waals surface area contributed by atoms with Crippen LogP contribution in [0.1, 0.15) is 206 Å². The average Bonchev–Trinajstić information content (AvgIpc) is 3.14. The maximum Gasteiger partial charge on any atom is 0.222 e. The van der Waals surface area contributed by atoms with E-state index in [-0.39, 0.29) is 18.9 Å². The maximum absolute atomic E-state index is 12.4. The topological polar surface area (TPSA) is 89.8 Å². The van der Waals surface area contributed by atoms with Gasteiger partial charge < -0.3 is 20.6 Å². The average molecular weight is 728 g/mol. The molecule has 52 heavy (non-hydrogen) atoms. The molecule has 0 bridgehead atoms. The van der Waals surface area contributed by atoms with E-state index < -0.39 is 18.2 Å². The quantitative estimate of drug-likeness (QED) is 0.0375. The number of nitrogens with one attached hydrogen (secondary N) is 1. The fraction of sp³-hybridized carbons (Fsp3) is 0.766. The molecule has 5 heteroatoms. The Kier molecular flexibility index (Phi) is 40.2. The minimum atomic E-state index is -0.966. The van der Waals surface area contributed by atoms with Crippen molar-refractivity contribution in [3.63, 3.8) is 0 Å². The van der Waals surface area contributed by atoms with Crippen molar-refractivity contribution < 1.29 is 20.1 Å². The van der Waals surface area contributed by atoms with Gasteiger partial charge in [0.25, 0.3) is 0 Å². The van der Waals surface area contributed by atoms with E-state index in [1.165, 1.54) is 122 Å². The SMILES string of the molecule is CCCCC/C=C\C/C=C\CCCCCCCC(O)CC(=O)NC(CO)C(O)/C=C/CC/C=C/CC/C=C/CCCCCCCCCCCCCC. The molecule has 0 aliphatic heterocycles. The molecular formula is C47H85NO4. The van der Waals surface area contributed by atoms with Crippen LogP contribution in [0.5, 0.6) is 0 Å². The third-order valence-electron chi connectivity index (χ3n) is 9.76. The molecule has 0 aliphatic rings. The Morgan fingerprint density at radius 2 is 0.885 bits per heavy atom. The van der Waals surface area contributed by atoms with Crippen LogP contribution in [0, 0.1) is 0 Å². The van der Waals surface area contributed by atoms with E-state index in [2.05, 4.69) is 67.8 Å². The molecule has 0 aromatic rings. The van der Waals surface area contributed by atoms with Crippen LogP contribution < -0.4 is 5.32 Å². The summed E-state index contributed by atoms with van der Waals surface area (Å²) in [6, 6.07) is -0.774. The Morgan fingerprint density at radius 1 is 0.500 bits per heavy atom. The van der Waals surface area contributed by atoms with Gasteiger partial charge in [-0.25, -0.2) is 0 Å². The monoisotopic (exact) mass is 728 g/mol. The van der Waals surface area contributed by atoms with Crippen molar-refractivity contribution in [3.05, 3.63) is 60.8 Å². The minimum Gasteiger partial charge on any atom is -0.394 e. The van der Waals surface area contributed by atoms with Crippen molar-refractivity contribution >= 4 is 5.91 Å². The fourth-order valence-electron chi connectivity index (χ4n) is 6.34. The molecule has 0 spiro atoms. The summed E-state index contributed by atoms with van der Waals surface area (Å²) in [4.78, 5) is 12.4. The van der Waals surface area contributed by atoms with E-state index in [1.54, 1.807) is 6.08 Å². The highest BCUT2D eigenvalue weighted by Gasteiger charge is 2.20. The number of amides is 1. The maximum atomic E-state index is 12.4. The summed E-state index contributed by atoms with van der Waals surface area (Å²) in [5, 5.41) is 33.2. The lowest BCUT2D eigenvalue weighted by Gasteiger charge is -2.20. The molecule has 0 rings (SSSR count). The second kappa shape index (κ2) is 41.8. The van der Waals surface area contributed by atoms with Gasteiger partial charge in [-0.15, -0.1) is 0 Å². The van der Waals surface area contributed by atoms with Crippen LogP contribution in [0.2, 0.25) is 0 Å². The molecule has 0 heterocycles.